The molecule has 0 bridgehead atoms. The molecule has 38 heavy (non-hydrogen) atoms. The third kappa shape index (κ3) is 7.43. The lowest BCUT2D eigenvalue weighted by molar-refractivity contribution is 0.0134. The number of carbonyl (C=O) groups excluding carboxylic acids is 2. The van der Waals surface area contributed by atoms with Gasteiger partial charge >= 0.3 is 12.1 Å². The highest BCUT2D eigenvalue weighted by Crippen LogP contribution is 2.35. The number of oxime groups is 1. The van der Waals surface area contributed by atoms with Crippen LogP contribution in [0.5, 0.6) is 5.75 Å². The maximum absolute atomic E-state index is 14.8. The van der Waals surface area contributed by atoms with Crippen LogP contribution in [-0.4, -0.2) is 48.0 Å². The standard InChI is InChI=1S/C28H34F2N4O4/c1-18(2)31-27(35)32-26-17-24(29)23(16-25(26)30)19-8-10-20(11-9-19)33-38-22-12-14-34(15-13-22)28(36)37-21-6-4-3-5-7-21/h3-7,16-19,22H,8-15H2,1-2H3,(H2,31,32,35). The molecule has 3 amide bonds. The van der Waals surface area contributed by atoms with Gasteiger partial charge in [-0.15, -0.1) is 0 Å². The largest absolute Gasteiger partial charge is 0.415 e. The fourth-order valence-electron chi connectivity index (χ4n) is 4.69. The average molecular weight is 529 g/mol. The van der Waals surface area contributed by atoms with Crippen LogP contribution in [0.2, 0.25) is 0 Å². The first-order chi connectivity index (χ1) is 18.3. The molecule has 0 unspecified atom stereocenters. The summed E-state index contributed by atoms with van der Waals surface area (Å²) < 4.78 is 34.8. The molecule has 1 aliphatic carbocycles. The first kappa shape index (κ1) is 27.3. The molecule has 0 atom stereocenters. The second kappa shape index (κ2) is 12.7. The molecule has 2 aromatic carbocycles. The molecule has 2 N–H and O–H groups in total. The van der Waals surface area contributed by atoms with Crippen LogP contribution in [-0.2, 0) is 4.84 Å². The van der Waals surface area contributed by atoms with E-state index in [0.717, 1.165) is 11.8 Å². The molecule has 10 heteroatoms. The van der Waals surface area contributed by atoms with Crippen LogP contribution >= 0.6 is 0 Å². The Hall–Kier alpha value is -3.69. The van der Waals surface area contributed by atoms with E-state index in [-0.39, 0.29) is 29.8 Å². The second-order valence-electron chi connectivity index (χ2n) is 10.0. The number of urea groups is 1. The van der Waals surface area contributed by atoms with Gasteiger partial charge in [-0.05, 0) is 69.2 Å². The second-order valence-corrected chi connectivity index (χ2v) is 10.0. The van der Waals surface area contributed by atoms with Gasteiger partial charge in [-0.25, -0.2) is 18.4 Å². The minimum absolute atomic E-state index is 0.0829. The zero-order valence-electron chi connectivity index (χ0n) is 21.7. The van der Waals surface area contributed by atoms with E-state index in [1.807, 2.05) is 18.2 Å². The van der Waals surface area contributed by atoms with Crippen molar-refractivity contribution in [1.82, 2.24) is 10.2 Å². The SMILES string of the molecule is CC(C)NC(=O)Nc1cc(F)c(C2CCC(=NOC3CCN(C(=O)Oc4ccccc4)CC3)CC2)cc1F. The maximum atomic E-state index is 14.8. The van der Waals surface area contributed by atoms with Crippen molar-refractivity contribution in [2.24, 2.45) is 5.16 Å². The Morgan fingerprint density at radius 3 is 2.34 bits per heavy atom. The highest BCUT2D eigenvalue weighted by atomic mass is 19.1. The van der Waals surface area contributed by atoms with Crippen molar-refractivity contribution in [3.63, 3.8) is 0 Å². The summed E-state index contributed by atoms with van der Waals surface area (Å²) in [6.07, 6.45) is 3.37. The monoisotopic (exact) mass is 528 g/mol. The molecule has 2 aromatic rings. The Morgan fingerprint density at radius 2 is 1.68 bits per heavy atom. The number of rotatable bonds is 6. The topological polar surface area (TPSA) is 92.3 Å². The van der Waals surface area contributed by atoms with E-state index in [1.54, 1.807) is 30.9 Å². The van der Waals surface area contributed by atoms with E-state index in [4.69, 9.17) is 9.57 Å². The number of ether oxygens (including phenoxy) is 1. The molecule has 0 radical (unpaired) electrons. The summed E-state index contributed by atoms with van der Waals surface area (Å²) in [5.74, 6) is -0.824. The van der Waals surface area contributed by atoms with Gasteiger partial charge in [0.2, 0.25) is 0 Å². The van der Waals surface area contributed by atoms with Crippen LogP contribution in [0.15, 0.2) is 47.6 Å². The normalized spacial score (nSPS) is 18.2. The molecule has 1 saturated carbocycles. The smallest absolute Gasteiger partial charge is 0.410 e. The number of hydrogen-bond acceptors (Lipinski definition) is 5. The first-order valence-corrected chi connectivity index (χ1v) is 13.1. The number of likely N-dealkylation sites (tertiary alicyclic amines) is 1. The van der Waals surface area contributed by atoms with E-state index in [1.165, 1.54) is 6.07 Å². The van der Waals surface area contributed by atoms with Crippen molar-refractivity contribution >= 4 is 23.5 Å². The van der Waals surface area contributed by atoms with Gasteiger partial charge in [-0.2, -0.15) is 0 Å². The minimum Gasteiger partial charge on any atom is -0.410 e. The van der Waals surface area contributed by atoms with Crippen LogP contribution in [0.3, 0.4) is 0 Å². The molecule has 204 valence electrons. The summed E-state index contributed by atoms with van der Waals surface area (Å²) in [5.41, 5.74) is 1.03. The number of para-hydroxylation sites is 1. The van der Waals surface area contributed by atoms with Crippen molar-refractivity contribution in [1.29, 1.82) is 0 Å². The zero-order valence-corrected chi connectivity index (χ0v) is 21.7. The first-order valence-electron chi connectivity index (χ1n) is 13.1. The summed E-state index contributed by atoms with van der Waals surface area (Å²) in [4.78, 5) is 31.6. The third-order valence-corrected chi connectivity index (χ3v) is 6.74. The molecule has 1 aliphatic heterocycles. The van der Waals surface area contributed by atoms with Gasteiger partial charge in [-0.3, -0.25) is 0 Å². The Bertz CT molecular complexity index is 1140. The number of halogens is 2. The molecule has 2 fully saturated rings. The van der Waals surface area contributed by atoms with Crippen molar-refractivity contribution in [3.8, 4) is 5.75 Å². The number of benzene rings is 2. The van der Waals surface area contributed by atoms with Crippen molar-refractivity contribution in [2.45, 2.75) is 70.4 Å². The van der Waals surface area contributed by atoms with Gasteiger partial charge in [0.1, 0.15) is 23.5 Å². The zero-order chi connectivity index (χ0) is 27.1. The van der Waals surface area contributed by atoms with Gasteiger partial charge < -0.3 is 25.1 Å². The van der Waals surface area contributed by atoms with Gasteiger partial charge in [0.15, 0.2) is 0 Å². The predicted octanol–water partition coefficient (Wildman–Crippen LogP) is 6.19. The lowest BCUT2D eigenvalue weighted by atomic mass is 9.83. The van der Waals surface area contributed by atoms with E-state index < -0.39 is 17.7 Å². The van der Waals surface area contributed by atoms with Crippen molar-refractivity contribution < 1.29 is 27.9 Å². The van der Waals surface area contributed by atoms with Gasteiger partial charge in [0, 0.05) is 38.0 Å². The Kier molecular flexibility index (Phi) is 9.15. The summed E-state index contributed by atoms with van der Waals surface area (Å²) >= 11 is 0. The predicted molar refractivity (Wildman–Crippen MR) is 140 cm³/mol. The molecule has 0 spiro atoms. The van der Waals surface area contributed by atoms with Crippen LogP contribution in [0, 0.1) is 11.6 Å². The summed E-state index contributed by atoms with van der Waals surface area (Å²) in [5, 5.41) is 9.29. The molecule has 1 saturated heterocycles. The third-order valence-electron chi connectivity index (χ3n) is 6.74. The fourth-order valence-corrected chi connectivity index (χ4v) is 4.69. The lowest BCUT2D eigenvalue weighted by Crippen LogP contribution is -2.42. The van der Waals surface area contributed by atoms with Gasteiger partial charge in [-0.1, -0.05) is 23.4 Å². The number of amides is 3. The summed E-state index contributed by atoms with van der Waals surface area (Å²) in [6.45, 7) is 4.61. The molecule has 8 nitrogen and oxygen atoms in total. The Morgan fingerprint density at radius 1 is 1.00 bits per heavy atom. The van der Waals surface area contributed by atoms with Gasteiger partial charge in [0.25, 0.3) is 0 Å². The molecule has 4 rings (SSSR count). The van der Waals surface area contributed by atoms with Crippen LogP contribution < -0.4 is 15.4 Å². The highest BCUT2D eigenvalue weighted by molar-refractivity contribution is 5.89. The molecular formula is C28H34F2N4O4. The van der Waals surface area contributed by atoms with Crippen LogP contribution in [0.25, 0.3) is 0 Å². The summed E-state index contributed by atoms with van der Waals surface area (Å²) in [6, 6.07) is 10.5. The Labute approximate surface area is 221 Å². The van der Waals surface area contributed by atoms with Crippen molar-refractivity contribution in [3.05, 3.63) is 59.7 Å². The molecule has 0 aromatic heterocycles. The highest BCUT2D eigenvalue weighted by Gasteiger charge is 2.27. The van der Waals surface area contributed by atoms with E-state index >= 15 is 0 Å². The van der Waals surface area contributed by atoms with E-state index in [9.17, 15) is 18.4 Å². The van der Waals surface area contributed by atoms with Crippen LogP contribution in [0.1, 0.15) is 63.9 Å². The Balaban J connectivity index is 1.22. The van der Waals surface area contributed by atoms with E-state index in [2.05, 4.69) is 15.8 Å². The maximum Gasteiger partial charge on any atom is 0.415 e. The number of hydrogen-bond donors (Lipinski definition) is 2. The number of nitrogens with one attached hydrogen (secondary N) is 2. The van der Waals surface area contributed by atoms with Crippen LogP contribution in [0.4, 0.5) is 24.1 Å². The molecule has 2 aliphatic rings. The molecular weight excluding hydrogens is 494 g/mol. The number of piperidine rings is 1. The average Bonchev–Trinajstić information content (AvgIpc) is 2.90. The lowest BCUT2D eigenvalue weighted by Gasteiger charge is -2.30. The fraction of sp³-hybridized carbons (Fsp3) is 0.464. The molecule has 1 heterocycles. The quantitative estimate of drug-likeness (QED) is 0.438. The number of carbonyl (C=O) groups is 2. The van der Waals surface area contributed by atoms with Gasteiger partial charge in [0.05, 0.1) is 11.4 Å². The van der Waals surface area contributed by atoms with E-state index in [0.29, 0.717) is 62.9 Å². The minimum atomic E-state index is -0.665. The van der Waals surface area contributed by atoms with Crippen molar-refractivity contribution in [2.75, 3.05) is 18.4 Å². The summed E-state index contributed by atoms with van der Waals surface area (Å²) in [7, 11) is 0. The number of nitrogens with zero attached hydrogens (tertiary/aromatic N) is 2. The number of anilines is 1.